The van der Waals surface area contributed by atoms with E-state index >= 15 is 0 Å². The van der Waals surface area contributed by atoms with E-state index in [1.54, 1.807) is 5.57 Å². The van der Waals surface area contributed by atoms with Gasteiger partial charge in [0.25, 0.3) is 0 Å². The Balaban J connectivity index is 2.22. The first-order valence-corrected chi connectivity index (χ1v) is 6.22. The van der Waals surface area contributed by atoms with Crippen molar-refractivity contribution in [2.24, 2.45) is 16.7 Å². The van der Waals surface area contributed by atoms with Crippen molar-refractivity contribution in [3.05, 3.63) is 11.1 Å². The average molecular weight is 204 g/mol. The van der Waals surface area contributed by atoms with E-state index < -0.39 is 0 Å². The number of carbonyl (C=O) groups is 1. The largest absolute Gasteiger partial charge is 0.299 e. The Kier molecular flexibility index (Phi) is 1.64. The molecule has 2 saturated carbocycles. The molecule has 3 aliphatic carbocycles. The minimum absolute atomic E-state index is 0.0320. The molecule has 15 heavy (non-hydrogen) atoms. The van der Waals surface area contributed by atoms with E-state index in [-0.39, 0.29) is 5.41 Å². The fourth-order valence-corrected chi connectivity index (χ4v) is 4.32. The van der Waals surface area contributed by atoms with Crippen molar-refractivity contribution in [1.29, 1.82) is 0 Å². The Hall–Kier alpha value is -0.590. The molecule has 1 nitrogen and oxygen atoms in total. The summed E-state index contributed by atoms with van der Waals surface area (Å²) in [6, 6.07) is 0. The van der Waals surface area contributed by atoms with Crippen molar-refractivity contribution in [3.63, 3.8) is 0 Å². The lowest BCUT2D eigenvalue weighted by Crippen LogP contribution is -2.35. The van der Waals surface area contributed by atoms with Gasteiger partial charge in [0.05, 0.1) is 5.41 Å². The molecule has 0 amide bonds. The van der Waals surface area contributed by atoms with Gasteiger partial charge in [-0.05, 0) is 43.9 Å². The molecule has 2 unspecified atom stereocenters. The van der Waals surface area contributed by atoms with Crippen molar-refractivity contribution in [3.8, 4) is 0 Å². The highest BCUT2D eigenvalue weighted by Crippen LogP contribution is 2.64. The van der Waals surface area contributed by atoms with Crippen LogP contribution in [0.25, 0.3) is 0 Å². The Morgan fingerprint density at radius 1 is 1.27 bits per heavy atom. The summed E-state index contributed by atoms with van der Waals surface area (Å²) in [5.41, 5.74) is 3.46. The molecule has 0 aromatic rings. The number of ketones is 1. The minimum atomic E-state index is 0.0320. The van der Waals surface area contributed by atoms with Gasteiger partial charge in [-0.25, -0.2) is 0 Å². The van der Waals surface area contributed by atoms with E-state index in [0.717, 1.165) is 31.6 Å². The molecule has 0 saturated heterocycles. The normalized spacial score (nSPS) is 42.3. The quantitative estimate of drug-likeness (QED) is 0.552. The van der Waals surface area contributed by atoms with E-state index in [9.17, 15) is 4.79 Å². The van der Waals surface area contributed by atoms with E-state index in [4.69, 9.17) is 0 Å². The maximum absolute atomic E-state index is 12.1. The molecule has 0 heterocycles. The molecular formula is C14H20O. The summed E-state index contributed by atoms with van der Waals surface area (Å²) in [4.78, 5) is 12.1. The monoisotopic (exact) mass is 204 g/mol. The van der Waals surface area contributed by atoms with Crippen molar-refractivity contribution >= 4 is 5.78 Å². The molecule has 0 radical (unpaired) electrons. The second-order valence-corrected chi connectivity index (χ2v) is 6.27. The highest BCUT2D eigenvalue weighted by atomic mass is 16.1. The highest BCUT2D eigenvalue weighted by Gasteiger charge is 2.58. The van der Waals surface area contributed by atoms with Crippen LogP contribution in [-0.2, 0) is 4.79 Å². The highest BCUT2D eigenvalue weighted by molar-refractivity contribution is 5.92. The first-order chi connectivity index (χ1) is 6.98. The van der Waals surface area contributed by atoms with Crippen LogP contribution in [0.2, 0.25) is 0 Å². The zero-order chi connectivity index (χ0) is 10.8. The second kappa shape index (κ2) is 2.56. The van der Waals surface area contributed by atoms with Crippen LogP contribution in [0.3, 0.4) is 0 Å². The zero-order valence-electron chi connectivity index (χ0n) is 10.0. The van der Waals surface area contributed by atoms with Gasteiger partial charge >= 0.3 is 0 Å². The lowest BCUT2D eigenvalue weighted by molar-refractivity contribution is -0.124. The number of hydrogen-bond acceptors (Lipinski definition) is 1. The van der Waals surface area contributed by atoms with Crippen LogP contribution in [0.1, 0.15) is 52.9 Å². The van der Waals surface area contributed by atoms with Gasteiger partial charge in [0.1, 0.15) is 5.78 Å². The summed E-state index contributed by atoms with van der Waals surface area (Å²) < 4.78 is 0. The summed E-state index contributed by atoms with van der Waals surface area (Å²) in [6.07, 6.45) is 5.44. The average Bonchev–Trinajstić information content (AvgIpc) is 2.72. The Bertz CT molecular complexity index is 375. The van der Waals surface area contributed by atoms with E-state index in [2.05, 4.69) is 20.8 Å². The van der Waals surface area contributed by atoms with Gasteiger partial charge in [-0.2, -0.15) is 0 Å². The molecule has 1 heteroatoms. The smallest absolute Gasteiger partial charge is 0.143 e. The minimum Gasteiger partial charge on any atom is -0.299 e. The fraction of sp³-hybridized carbons (Fsp3) is 0.786. The number of fused-ring (bicyclic) bond motifs is 1. The van der Waals surface area contributed by atoms with Crippen LogP contribution in [-0.4, -0.2) is 5.78 Å². The summed E-state index contributed by atoms with van der Waals surface area (Å²) in [6.45, 7) is 7.02. The van der Waals surface area contributed by atoms with Crippen molar-refractivity contribution in [2.75, 3.05) is 0 Å². The van der Waals surface area contributed by atoms with Crippen LogP contribution >= 0.6 is 0 Å². The van der Waals surface area contributed by atoms with Crippen LogP contribution < -0.4 is 0 Å². The van der Waals surface area contributed by atoms with Gasteiger partial charge < -0.3 is 0 Å². The molecule has 82 valence electrons. The van der Waals surface area contributed by atoms with Gasteiger partial charge in [-0.3, -0.25) is 4.79 Å². The molecule has 2 fully saturated rings. The molecule has 0 N–H and O–H groups in total. The Morgan fingerprint density at radius 3 is 2.73 bits per heavy atom. The van der Waals surface area contributed by atoms with Gasteiger partial charge in [0.15, 0.2) is 0 Å². The maximum Gasteiger partial charge on any atom is 0.143 e. The predicted octanol–water partition coefficient (Wildman–Crippen LogP) is 3.49. The fourth-order valence-electron chi connectivity index (χ4n) is 4.32. The molecule has 1 spiro atoms. The van der Waals surface area contributed by atoms with Crippen LogP contribution in [0.15, 0.2) is 11.1 Å². The van der Waals surface area contributed by atoms with E-state index in [1.165, 1.54) is 12.0 Å². The number of allylic oxidation sites excluding steroid dienone is 2. The molecule has 3 rings (SSSR count). The number of hydrogen-bond donors (Lipinski definition) is 0. The molecule has 0 aliphatic heterocycles. The third kappa shape index (κ3) is 0.926. The molecule has 0 aromatic carbocycles. The summed E-state index contributed by atoms with van der Waals surface area (Å²) in [5.74, 6) is 1.30. The molecule has 0 aromatic heterocycles. The predicted molar refractivity (Wildman–Crippen MR) is 60.5 cm³/mol. The number of Topliss-reactive ketones (excluding diaryl/α,β-unsaturated/α-hetero) is 1. The first kappa shape index (κ1) is 9.62. The molecule has 3 aliphatic rings. The standard InChI is InChI=1S/C14H20O/c1-9-11-4-5-12(15)14(11)7-6-10(8-14)13(9,2)3/h10H,4-8H2,1-3H3. The van der Waals surface area contributed by atoms with Crippen LogP contribution in [0.4, 0.5) is 0 Å². The molecule has 2 atom stereocenters. The van der Waals surface area contributed by atoms with Crippen molar-refractivity contribution in [2.45, 2.75) is 52.9 Å². The lowest BCUT2D eigenvalue weighted by atomic mass is 9.62. The van der Waals surface area contributed by atoms with Crippen molar-refractivity contribution < 1.29 is 4.79 Å². The van der Waals surface area contributed by atoms with Crippen LogP contribution in [0, 0.1) is 16.7 Å². The van der Waals surface area contributed by atoms with Gasteiger partial charge in [0, 0.05) is 6.42 Å². The molecule has 2 bridgehead atoms. The van der Waals surface area contributed by atoms with Gasteiger partial charge in [-0.15, -0.1) is 0 Å². The number of rotatable bonds is 0. The third-order valence-electron chi connectivity index (χ3n) is 5.67. The zero-order valence-corrected chi connectivity index (χ0v) is 10.0. The van der Waals surface area contributed by atoms with Crippen LogP contribution in [0.5, 0.6) is 0 Å². The summed E-state index contributed by atoms with van der Waals surface area (Å²) in [5, 5.41) is 0. The lowest BCUT2D eigenvalue weighted by Gasteiger charge is -2.41. The number of carbonyl (C=O) groups excluding carboxylic acids is 1. The van der Waals surface area contributed by atoms with E-state index in [0.29, 0.717) is 11.2 Å². The molecular weight excluding hydrogens is 184 g/mol. The van der Waals surface area contributed by atoms with Gasteiger partial charge in [0.2, 0.25) is 0 Å². The summed E-state index contributed by atoms with van der Waals surface area (Å²) in [7, 11) is 0. The Labute approximate surface area is 91.9 Å². The Morgan fingerprint density at radius 2 is 2.00 bits per heavy atom. The first-order valence-electron chi connectivity index (χ1n) is 6.22. The topological polar surface area (TPSA) is 17.1 Å². The maximum atomic E-state index is 12.1. The van der Waals surface area contributed by atoms with Gasteiger partial charge in [-0.1, -0.05) is 25.0 Å². The third-order valence-corrected chi connectivity index (χ3v) is 5.67. The SMILES string of the molecule is CC1=C2CCC(=O)C23CCC(C3)C1(C)C. The van der Waals surface area contributed by atoms with Crippen molar-refractivity contribution in [1.82, 2.24) is 0 Å². The summed E-state index contributed by atoms with van der Waals surface area (Å²) >= 11 is 0. The van der Waals surface area contributed by atoms with E-state index in [1.807, 2.05) is 0 Å². The second-order valence-electron chi connectivity index (χ2n) is 6.27.